The molecule has 1 atom stereocenters. The average molecular weight is 272 g/mol. The molecular weight excluding hydrogens is 250 g/mol. The van der Waals surface area contributed by atoms with Gasteiger partial charge < -0.3 is 5.73 Å². The van der Waals surface area contributed by atoms with E-state index in [9.17, 15) is 0 Å². The van der Waals surface area contributed by atoms with E-state index in [0.717, 1.165) is 22.8 Å². The summed E-state index contributed by atoms with van der Waals surface area (Å²) in [6, 6.07) is 0.207. The van der Waals surface area contributed by atoms with Crippen LogP contribution in [0.3, 0.4) is 0 Å². The monoisotopic (exact) mass is 271 g/mol. The topological polar surface area (TPSA) is 70.9 Å². The van der Waals surface area contributed by atoms with Gasteiger partial charge in [-0.1, -0.05) is 18.5 Å². The Morgan fingerprint density at radius 2 is 2.22 bits per heavy atom. The molecule has 1 heterocycles. The van der Waals surface area contributed by atoms with Crippen molar-refractivity contribution in [2.24, 2.45) is 12.8 Å². The van der Waals surface area contributed by atoms with Crippen LogP contribution in [0.15, 0.2) is 0 Å². The smallest absolute Gasteiger partial charge is 0.0920 e. The van der Waals surface area contributed by atoms with Crippen molar-refractivity contribution >= 4 is 17.4 Å². The third-order valence-electron chi connectivity index (χ3n) is 3.17. The van der Waals surface area contributed by atoms with Gasteiger partial charge in [-0.25, -0.2) is 0 Å². The van der Waals surface area contributed by atoms with Crippen LogP contribution in [0.4, 0.5) is 0 Å². The van der Waals surface area contributed by atoms with Gasteiger partial charge in [-0.15, -0.1) is 0 Å². The maximum Gasteiger partial charge on any atom is 0.0920 e. The molecule has 0 spiro atoms. The number of aryl methyl sites for hydroxylation is 2. The van der Waals surface area contributed by atoms with Crippen LogP contribution in [0.2, 0.25) is 5.02 Å². The molecule has 5 nitrogen and oxygen atoms in total. The van der Waals surface area contributed by atoms with Crippen molar-refractivity contribution in [1.82, 2.24) is 14.7 Å². The molecule has 0 radical (unpaired) electrons. The number of amidine groups is 1. The van der Waals surface area contributed by atoms with Crippen LogP contribution in [0.5, 0.6) is 0 Å². The zero-order valence-corrected chi connectivity index (χ0v) is 12.3. The van der Waals surface area contributed by atoms with Crippen LogP contribution >= 0.6 is 11.6 Å². The number of hydrogen-bond acceptors (Lipinski definition) is 3. The first-order valence-electron chi connectivity index (χ1n) is 6.10. The quantitative estimate of drug-likeness (QED) is 0.612. The van der Waals surface area contributed by atoms with Crippen molar-refractivity contribution in [2.45, 2.75) is 39.3 Å². The van der Waals surface area contributed by atoms with E-state index in [2.05, 4.69) is 10.00 Å². The first-order valence-corrected chi connectivity index (χ1v) is 6.48. The second-order valence-corrected chi connectivity index (χ2v) is 5.06. The van der Waals surface area contributed by atoms with E-state index < -0.39 is 0 Å². The maximum absolute atomic E-state index is 7.32. The molecule has 6 heteroatoms. The van der Waals surface area contributed by atoms with E-state index in [0.29, 0.717) is 13.0 Å². The highest BCUT2D eigenvalue weighted by Crippen LogP contribution is 2.22. The van der Waals surface area contributed by atoms with Crippen LogP contribution in [-0.4, -0.2) is 33.6 Å². The van der Waals surface area contributed by atoms with Crippen LogP contribution < -0.4 is 5.73 Å². The summed E-state index contributed by atoms with van der Waals surface area (Å²) in [5.74, 6) is 0.208. The van der Waals surface area contributed by atoms with E-state index in [4.69, 9.17) is 22.7 Å². The summed E-state index contributed by atoms with van der Waals surface area (Å²) in [5.41, 5.74) is 7.36. The molecular formula is C12H22ClN5. The molecule has 0 bridgehead atoms. The molecule has 0 amide bonds. The fraction of sp³-hybridized carbons (Fsp3) is 0.667. The summed E-state index contributed by atoms with van der Waals surface area (Å²) < 4.78 is 1.83. The Hall–Kier alpha value is -1.07. The Labute approximate surface area is 113 Å². The normalized spacial score (nSPS) is 13.0. The van der Waals surface area contributed by atoms with Crippen LogP contribution in [-0.2, 0) is 20.0 Å². The van der Waals surface area contributed by atoms with E-state index in [-0.39, 0.29) is 11.9 Å². The predicted molar refractivity (Wildman–Crippen MR) is 75.1 cm³/mol. The van der Waals surface area contributed by atoms with E-state index >= 15 is 0 Å². The molecule has 0 aliphatic heterocycles. The van der Waals surface area contributed by atoms with E-state index in [1.165, 1.54) is 0 Å². The summed E-state index contributed by atoms with van der Waals surface area (Å²) in [7, 11) is 3.91. The molecule has 1 rings (SSSR count). The summed E-state index contributed by atoms with van der Waals surface area (Å²) in [4.78, 5) is 2.13. The third-order valence-corrected chi connectivity index (χ3v) is 3.61. The lowest BCUT2D eigenvalue weighted by molar-refractivity contribution is 0.248. The number of nitrogens with zero attached hydrogens (tertiary/aromatic N) is 3. The molecule has 1 aromatic rings. The number of rotatable bonds is 6. The molecule has 1 aromatic heterocycles. The zero-order valence-electron chi connectivity index (χ0n) is 11.5. The Morgan fingerprint density at radius 1 is 1.61 bits per heavy atom. The second kappa shape index (κ2) is 6.20. The standard InChI is InChI=1S/C12H22ClN5/c1-5-9-12(13)10(18(4)16-9)7-17(3)8(2)6-11(14)15/h8H,5-7H2,1-4H3,(H3,14,15). The summed E-state index contributed by atoms with van der Waals surface area (Å²) in [6.07, 6.45) is 1.39. The predicted octanol–water partition coefficient (Wildman–Crippen LogP) is 1.78. The van der Waals surface area contributed by atoms with Crippen molar-refractivity contribution < 1.29 is 0 Å². The van der Waals surface area contributed by atoms with Crippen molar-refractivity contribution in [2.75, 3.05) is 7.05 Å². The lowest BCUT2D eigenvalue weighted by Crippen LogP contribution is -2.33. The van der Waals surface area contributed by atoms with Gasteiger partial charge in [-0.2, -0.15) is 5.10 Å². The molecule has 0 saturated carbocycles. The number of halogens is 1. The number of hydrogen-bond donors (Lipinski definition) is 2. The third kappa shape index (κ3) is 3.46. The molecule has 0 aromatic carbocycles. The lowest BCUT2D eigenvalue weighted by Gasteiger charge is -2.24. The Morgan fingerprint density at radius 3 is 2.67 bits per heavy atom. The van der Waals surface area contributed by atoms with Crippen molar-refractivity contribution in [3.05, 3.63) is 16.4 Å². The van der Waals surface area contributed by atoms with Crippen LogP contribution in [0, 0.1) is 5.41 Å². The van der Waals surface area contributed by atoms with Gasteiger partial charge in [0, 0.05) is 26.1 Å². The molecule has 0 aliphatic carbocycles. The average Bonchev–Trinajstić information content (AvgIpc) is 2.55. The fourth-order valence-electron chi connectivity index (χ4n) is 1.86. The maximum atomic E-state index is 7.32. The highest BCUT2D eigenvalue weighted by molar-refractivity contribution is 6.31. The fourth-order valence-corrected chi connectivity index (χ4v) is 2.21. The molecule has 3 N–H and O–H groups in total. The molecule has 1 unspecified atom stereocenters. The minimum absolute atomic E-state index is 0.207. The van der Waals surface area contributed by atoms with Crippen LogP contribution in [0.1, 0.15) is 31.7 Å². The summed E-state index contributed by atoms with van der Waals surface area (Å²) >= 11 is 6.31. The number of nitrogens with two attached hydrogens (primary N) is 1. The van der Waals surface area contributed by atoms with Gasteiger partial charge in [-0.3, -0.25) is 15.0 Å². The first-order chi connectivity index (χ1) is 8.36. The highest BCUT2D eigenvalue weighted by Gasteiger charge is 2.17. The lowest BCUT2D eigenvalue weighted by atomic mass is 10.2. The van der Waals surface area contributed by atoms with Gasteiger partial charge in [0.1, 0.15) is 0 Å². The number of nitrogens with one attached hydrogen (secondary N) is 1. The van der Waals surface area contributed by atoms with Crippen molar-refractivity contribution in [3.8, 4) is 0 Å². The first kappa shape index (κ1) is 15.0. The van der Waals surface area contributed by atoms with Gasteiger partial charge in [0.25, 0.3) is 0 Å². The molecule has 18 heavy (non-hydrogen) atoms. The molecule has 0 saturated heterocycles. The summed E-state index contributed by atoms with van der Waals surface area (Å²) in [6.45, 7) is 4.79. The van der Waals surface area contributed by atoms with Crippen LogP contribution in [0.25, 0.3) is 0 Å². The minimum Gasteiger partial charge on any atom is -0.388 e. The minimum atomic E-state index is 0.207. The highest BCUT2D eigenvalue weighted by atomic mass is 35.5. The van der Waals surface area contributed by atoms with Gasteiger partial charge in [-0.05, 0) is 20.4 Å². The van der Waals surface area contributed by atoms with Crippen molar-refractivity contribution in [1.29, 1.82) is 5.41 Å². The van der Waals surface area contributed by atoms with Gasteiger partial charge in [0.05, 0.1) is 22.2 Å². The van der Waals surface area contributed by atoms with E-state index in [1.807, 2.05) is 32.6 Å². The summed E-state index contributed by atoms with van der Waals surface area (Å²) in [5, 5.41) is 12.5. The molecule has 102 valence electrons. The van der Waals surface area contributed by atoms with Gasteiger partial charge in [0.15, 0.2) is 0 Å². The SMILES string of the molecule is CCc1nn(C)c(CN(C)C(C)CC(=N)N)c1Cl. The Bertz CT molecular complexity index is 426. The number of aromatic nitrogens is 2. The molecule has 0 fully saturated rings. The Kier molecular flexibility index (Phi) is 5.16. The second-order valence-electron chi connectivity index (χ2n) is 4.68. The molecule has 0 aliphatic rings. The Balaban J connectivity index is 2.78. The van der Waals surface area contributed by atoms with Gasteiger partial charge >= 0.3 is 0 Å². The van der Waals surface area contributed by atoms with Gasteiger partial charge in [0.2, 0.25) is 0 Å². The van der Waals surface area contributed by atoms with Crippen molar-refractivity contribution in [3.63, 3.8) is 0 Å². The zero-order chi connectivity index (χ0) is 13.9. The largest absolute Gasteiger partial charge is 0.388 e. The van der Waals surface area contributed by atoms with E-state index in [1.54, 1.807) is 0 Å².